The number of nitrogens with one attached hydrogen (secondary N) is 2. The molecule has 2 amide bonds. The van der Waals surface area contributed by atoms with E-state index in [0.29, 0.717) is 6.54 Å². The Morgan fingerprint density at radius 1 is 1.40 bits per heavy atom. The standard InChI is InChI=1S/C15H23N3O2/c1-5-6-17-13(20)18-12-7-14(2,3)9-15(4,8-12)10-16-11-19/h1,12H,6-10H2,2-4H3,(H2,17,18,20). The highest BCUT2D eigenvalue weighted by molar-refractivity contribution is 5.74. The van der Waals surface area contributed by atoms with Crippen LogP contribution in [-0.2, 0) is 4.79 Å². The summed E-state index contributed by atoms with van der Waals surface area (Å²) < 4.78 is 0. The zero-order chi connectivity index (χ0) is 15.2. The van der Waals surface area contributed by atoms with E-state index in [1.54, 1.807) is 6.08 Å². The zero-order valence-corrected chi connectivity index (χ0v) is 12.5. The van der Waals surface area contributed by atoms with Crippen molar-refractivity contribution in [1.29, 1.82) is 0 Å². The van der Waals surface area contributed by atoms with Crippen molar-refractivity contribution < 1.29 is 9.59 Å². The molecule has 0 bridgehead atoms. The molecule has 0 radical (unpaired) electrons. The maximum atomic E-state index is 11.7. The molecule has 20 heavy (non-hydrogen) atoms. The molecule has 5 heteroatoms. The van der Waals surface area contributed by atoms with Gasteiger partial charge in [0.25, 0.3) is 0 Å². The number of isocyanates is 1. The van der Waals surface area contributed by atoms with E-state index >= 15 is 0 Å². The van der Waals surface area contributed by atoms with Gasteiger partial charge in [-0.15, -0.1) is 6.42 Å². The maximum absolute atomic E-state index is 11.7. The minimum atomic E-state index is -0.244. The first kappa shape index (κ1) is 16.3. The lowest BCUT2D eigenvalue weighted by atomic mass is 9.62. The quantitative estimate of drug-likeness (QED) is 0.467. The van der Waals surface area contributed by atoms with E-state index in [1.165, 1.54) is 0 Å². The van der Waals surface area contributed by atoms with Crippen molar-refractivity contribution in [3.63, 3.8) is 0 Å². The first-order chi connectivity index (χ1) is 9.30. The number of nitrogens with zero attached hydrogens (tertiary/aromatic N) is 1. The predicted octanol–water partition coefficient (Wildman–Crippen LogP) is 1.84. The van der Waals surface area contributed by atoms with Crippen LogP contribution in [0.1, 0.15) is 40.0 Å². The fourth-order valence-corrected chi connectivity index (χ4v) is 3.45. The summed E-state index contributed by atoms with van der Waals surface area (Å²) in [6.45, 7) is 7.10. The van der Waals surface area contributed by atoms with Gasteiger partial charge in [0.2, 0.25) is 6.08 Å². The lowest BCUT2D eigenvalue weighted by molar-refractivity contribution is 0.0808. The zero-order valence-electron chi connectivity index (χ0n) is 12.5. The Labute approximate surface area is 120 Å². The molecule has 0 saturated heterocycles. The summed E-state index contributed by atoms with van der Waals surface area (Å²) in [5.41, 5.74) is -0.00130. The molecule has 0 aliphatic heterocycles. The third-order valence-corrected chi connectivity index (χ3v) is 3.66. The molecule has 5 nitrogen and oxygen atoms in total. The van der Waals surface area contributed by atoms with Crippen LogP contribution in [0.25, 0.3) is 0 Å². The topological polar surface area (TPSA) is 70.6 Å². The summed E-state index contributed by atoms with van der Waals surface area (Å²) in [7, 11) is 0. The van der Waals surface area contributed by atoms with Crippen molar-refractivity contribution in [2.75, 3.05) is 13.1 Å². The van der Waals surface area contributed by atoms with Crippen LogP contribution in [0, 0.1) is 23.2 Å². The Morgan fingerprint density at radius 2 is 2.10 bits per heavy atom. The number of hydrogen-bond acceptors (Lipinski definition) is 3. The average Bonchev–Trinajstić information content (AvgIpc) is 2.31. The Bertz CT molecular complexity index is 447. The Hall–Kier alpha value is -1.79. The minimum Gasteiger partial charge on any atom is -0.335 e. The summed E-state index contributed by atoms with van der Waals surface area (Å²) in [5.74, 6) is 2.37. The smallest absolute Gasteiger partial charge is 0.315 e. The largest absolute Gasteiger partial charge is 0.335 e. The van der Waals surface area contributed by atoms with E-state index in [9.17, 15) is 9.59 Å². The fraction of sp³-hybridized carbons (Fsp3) is 0.733. The van der Waals surface area contributed by atoms with Gasteiger partial charge >= 0.3 is 6.03 Å². The minimum absolute atomic E-state index is 0.0587. The van der Waals surface area contributed by atoms with Crippen molar-refractivity contribution in [2.24, 2.45) is 15.8 Å². The van der Waals surface area contributed by atoms with E-state index in [2.05, 4.69) is 42.3 Å². The number of amides is 2. The number of carbonyl (C=O) groups excluding carboxylic acids is 2. The van der Waals surface area contributed by atoms with E-state index in [4.69, 9.17) is 6.42 Å². The summed E-state index contributed by atoms with van der Waals surface area (Å²) >= 11 is 0. The van der Waals surface area contributed by atoms with Gasteiger partial charge in [-0.2, -0.15) is 0 Å². The third-order valence-electron chi connectivity index (χ3n) is 3.66. The van der Waals surface area contributed by atoms with Gasteiger partial charge in [0.05, 0.1) is 13.1 Å². The predicted molar refractivity (Wildman–Crippen MR) is 77.9 cm³/mol. The van der Waals surface area contributed by atoms with Crippen LogP contribution in [0.4, 0.5) is 4.79 Å². The molecular formula is C15H23N3O2. The van der Waals surface area contributed by atoms with Gasteiger partial charge in [-0.25, -0.2) is 14.6 Å². The van der Waals surface area contributed by atoms with Crippen LogP contribution < -0.4 is 10.6 Å². The molecule has 2 unspecified atom stereocenters. The van der Waals surface area contributed by atoms with Crippen LogP contribution in [-0.4, -0.2) is 31.2 Å². The molecule has 1 aliphatic rings. The van der Waals surface area contributed by atoms with E-state index in [-0.39, 0.29) is 29.4 Å². The van der Waals surface area contributed by atoms with E-state index < -0.39 is 0 Å². The van der Waals surface area contributed by atoms with Gasteiger partial charge in [-0.05, 0) is 30.1 Å². The van der Waals surface area contributed by atoms with Crippen LogP contribution >= 0.6 is 0 Å². The molecule has 1 aliphatic carbocycles. The summed E-state index contributed by atoms with van der Waals surface area (Å²) in [4.78, 5) is 25.8. The Kier molecular flexibility index (Phi) is 5.35. The van der Waals surface area contributed by atoms with Crippen molar-refractivity contribution >= 4 is 12.1 Å². The van der Waals surface area contributed by atoms with Crippen LogP contribution in [0.2, 0.25) is 0 Å². The molecule has 1 saturated carbocycles. The lowest BCUT2D eigenvalue weighted by Gasteiger charge is -2.46. The molecule has 2 N–H and O–H groups in total. The first-order valence-corrected chi connectivity index (χ1v) is 6.82. The summed E-state index contributed by atoms with van der Waals surface area (Å²) in [6.07, 6.45) is 9.38. The van der Waals surface area contributed by atoms with Crippen LogP contribution in [0.15, 0.2) is 4.99 Å². The molecule has 0 spiro atoms. The highest BCUT2D eigenvalue weighted by atomic mass is 16.2. The molecule has 0 aromatic rings. The molecular weight excluding hydrogens is 254 g/mol. The number of urea groups is 1. The van der Waals surface area contributed by atoms with E-state index in [0.717, 1.165) is 19.3 Å². The average molecular weight is 277 g/mol. The third kappa shape index (κ3) is 5.07. The van der Waals surface area contributed by atoms with Gasteiger partial charge < -0.3 is 10.6 Å². The second-order valence-electron chi connectivity index (χ2n) is 6.70. The van der Waals surface area contributed by atoms with Gasteiger partial charge in [0.1, 0.15) is 0 Å². The Morgan fingerprint density at radius 3 is 2.70 bits per heavy atom. The maximum Gasteiger partial charge on any atom is 0.315 e. The van der Waals surface area contributed by atoms with Crippen LogP contribution in [0.3, 0.4) is 0 Å². The number of rotatable bonds is 4. The summed E-state index contributed by atoms with van der Waals surface area (Å²) in [6, 6.07) is -0.185. The van der Waals surface area contributed by atoms with Crippen molar-refractivity contribution in [3.8, 4) is 12.3 Å². The van der Waals surface area contributed by atoms with Gasteiger partial charge in [0, 0.05) is 6.04 Å². The van der Waals surface area contributed by atoms with Crippen molar-refractivity contribution in [2.45, 2.75) is 46.1 Å². The molecule has 1 fully saturated rings. The van der Waals surface area contributed by atoms with Crippen LogP contribution in [0.5, 0.6) is 0 Å². The van der Waals surface area contributed by atoms with Gasteiger partial charge in [-0.3, -0.25) is 0 Å². The number of carbonyl (C=O) groups is 1. The summed E-state index contributed by atoms with van der Waals surface area (Å²) in [5, 5.41) is 5.56. The number of terminal acetylenes is 1. The monoisotopic (exact) mass is 277 g/mol. The second kappa shape index (κ2) is 6.58. The molecule has 0 aromatic heterocycles. The van der Waals surface area contributed by atoms with Gasteiger partial charge in [-0.1, -0.05) is 26.7 Å². The second-order valence-corrected chi connectivity index (χ2v) is 6.70. The lowest BCUT2D eigenvalue weighted by Crippen LogP contribution is -2.50. The molecule has 0 heterocycles. The van der Waals surface area contributed by atoms with Crippen molar-refractivity contribution in [1.82, 2.24) is 10.6 Å². The highest BCUT2D eigenvalue weighted by Gasteiger charge is 2.41. The first-order valence-electron chi connectivity index (χ1n) is 6.82. The highest BCUT2D eigenvalue weighted by Crippen LogP contribution is 2.46. The number of aliphatic imine (C=N–C) groups is 1. The molecule has 2 atom stereocenters. The van der Waals surface area contributed by atoms with Crippen molar-refractivity contribution in [3.05, 3.63) is 0 Å². The molecule has 110 valence electrons. The SMILES string of the molecule is C#CCNC(=O)NC1CC(C)(C)CC(C)(CN=C=O)C1. The Balaban J connectivity index is 2.70. The fourth-order valence-electron chi connectivity index (χ4n) is 3.45. The normalized spacial score (nSPS) is 27.8. The number of hydrogen-bond donors (Lipinski definition) is 2. The van der Waals surface area contributed by atoms with Gasteiger partial charge in [0.15, 0.2) is 0 Å². The molecule has 0 aromatic carbocycles. The van der Waals surface area contributed by atoms with E-state index in [1.807, 2.05) is 0 Å². The molecule has 1 rings (SSSR count).